The van der Waals surface area contributed by atoms with Crippen molar-refractivity contribution in [1.29, 1.82) is 0 Å². The Morgan fingerprint density at radius 2 is 2.05 bits per heavy atom. The topological polar surface area (TPSA) is 58.2 Å². The Hall–Kier alpha value is -0.630. The average Bonchev–Trinajstić information content (AvgIpc) is 2.39. The number of rotatable bonds is 8. The summed E-state index contributed by atoms with van der Waals surface area (Å²) >= 11 is 1.55. The van der Waals surface area contributed by atoms with Crippen molar-refractivity contribution in [1.82, 2.24) is 10.0 Å². The van der Waals surface area contributed by atoms with E-state index < -0.39 is 15.8 Å². The van der Waals surface area contributed by atoms with Gasteiger partial charge in [0.15, 0.2) is 0 Å². The van der Waals surface area contributed by atoms with Gasteiger partial charge in [-0.1, -0.05) is 6.92 Å². The van der Waals surface area contributed by atoms with Crippen molar-refractivity contribution in [3.05, 3.63) is 29.1 Å². The second-order valence-corrected chi connectivity index (χ2v) is 7.09. The number of thioether (sulfide) groups is 1. The van der Waals surface area contributed by atoms with Crippen LogP contribution in [0.3, 0.4) is 0 Å². The molecule has 114 valence electrons. The summed E-state index contributed by atoms with van der Waals surface area (Å²) in [6, 6.07) is 2.90. The smallest absolute Gasteiger partial charge is 0.240 e. The average molecular weight is 320 g/mol. The van der Waals surface area contributed by atoms with Crippen LogP contribution < -0.4 is 10.0 Å². The van der Waals surface area contributed by atoms with E-state index in [1.807, 2.05) is 13.2 Å². The van der Waals surface area contributed by atoms with Gasteiger partial charge in [0, 0.05) is 24.4 Å². The van der Waals surface area contributed by atoms with E-state index in [1.165, 1.54) is 19.1 Å². The Morgan fingerprint density at radius 1 is 1.35 bits per heavy atom. The Bertz CT molecular complexity index is 548. The summed E-state index contributed by atoms with van der Waals surface area (Å²) < 4.78 is 40.8. The maximum absolute atomic E-state index is 13.9. The van der Waals surface area contributed by atoms with E-state index in [0.717, 1.165) is 6.54 Å². The first-order chi connectivity index (χ1) is 9.42. The summed E-state index contributed by atoms with van der Waals surface area (Å²) in [4.78, 5) is 0.0199. The zero-order chi connectivity index (χ0) is 15.2. The number of nitrogens with one attached hydrogen (secondary N) is 2. The Morgan fingerprint density at radius 3 is 2.65 bits per heavy atom. The highest BCUT2D eigenvalue weighted by atomic mass is 32.2. The molecule has 0 aromatic heterocycles. The zero-order valence-electron chi connectivity index (χ0n) is 12.0. The van der Waals surface area contributed by atoms with E-state index in [4.69, 9.17) is 0 Å². The fraction of sp³-hybridized carbons (Fsp3) is 0.538. The fourth-order valence-corrected chi connectivity index (χ4v) is 3.48. The van der Waals surface area contributed by atoms with Crippen LogP contribution in [0, 0.1) is 12.7 Å². The molecule has 2 N–H and O–H groups in total. The zero-order valence-corrected chi connectivity index (χ0v) is 13.6. The van der Waals surface area contributed by atoms with Gasteiger partial charge in [-0.25, -0.2) is 17.5 Å². The van der Waals surface area contributed by atoms with E-state index in [0.29, 0.717) is 24.4 Å². The Balaban J connectivity index is 3.05. The maximum Gasteiger partial charge on any atom is 0.240 e. The molecule has 0 unspecified atom stereocenters. The van der Waals surface area contributed by atoms with E-state index >= 15 is 0 Å². The van der Waals surface area contributed by atoms with Crippen molar-refractivity contribution < 1.29 is 12.8 Å². The molecule has 0 aliphatic heterocycles. The van der Waals surface area contributed by atoms with E-state index in [-0.39, 0.29) is 10.5 Å². The van der Waals surface area contributed by atoms with Gasteiger partial charge in [-0.3, -0.25) is 0 Å². The second-order valence-electron chi connectivity index (χ2n) is 4.37. The number of benzene rings is 1. The molecular weight excluding hydrogens is 299 g/mol. The van der Waals surface area contributed by atoms with Gasteiger partial charge >= 0.3 is 0 Å². The van der Waals surface area contributed by atoms with E-state index in [2.05, 4.69) is 10.0 Å². The fourth-order valence-electron chi connectivity index (χ4n) is 1.71. The largest absolute Gasteiger partial charge is 0.313 e. The molecule has 0 saturated heterocycles. The van der Waals surface area contributed by atoms with Gasteiger partial charge in [-0.2, -0.15) is 11.8 Å². The third kappa shape index (κ3) is 4.73. The van der Waals surface area contributed by atoms with Crippen molar-refractivity contribution >= 4 is 21.8 Å². The lowest BCUT2D eigenvalue weighted by atomic mass is 10.1. The van der Waals surface area contributed by atoms with Crippen molar-refractivity contribution in [2.24, 2.45) is 0 Å². The summed E-state index contributed by atoms with van der Waals surface area (Å²) in [7, 11) is -3.66. The molecule has 4 nitrogen and oxygen atoms in total. The van der Waals surface area contributed by atoms with Crippen LogP contribution in [-0.2, 0) is 16.6 Å². The van der Waals surface area contributed by atoms with Gasteiger partial charge in [-0.15, -0.1) is 0 Å². The van der Waals surface area contributed by atoms with Gasteiger partial charge in [0.05, 0.1) is 4.90 Å². The number of hydrogen-bond acceptors (Lipinski definition) is 4. The predicted molar refractivity (Wildman–Crippen MR) is 82.1 cm³/mol. The second kappa shape index (κ2) is 7.97. The number of hydrogen-bond donors (Lipinski definition) is 2. The molecule has 1 aromatic carbocycles. The molecule has 0 aliphatic carbocycles. The lowest BCUT2D eigenvalue weighted by Crippen LogP contribution is -2.27. The first-order valence-electron chi connectivity index (χ1n) is 6.40. The highest BCUT2D eigenvalue weighted by Crippen LogP contribution is 2.20. The Kier molecular flexibility index (Phi) is 6.94. The molecule has 0 spiro atoms. The summed E-state index contributed by atoms with van der Waals surface area (Å²) in [6.45, 7) is 4.94. The normalized spacial score (nSPS) is 11.8. The molecule has 0 radical (unpaired) electrons. The quantitative estimate of drug-likeness (QED) is 0.718. The van der Waals surface area contributed by atoms with Gasteiger partial charge < -0.3 is 5.32 Å². The van der Waals surface area contributed by atoms with Crippen molar-refractivity contribution in [2.75, 3.05) is 25.1 Å². The molecule has 1 rings (SSSR count). The SMILES string of the molecule is CCNCc1cc(F)c(C)c(S(=O)(=O)NCCSC)c1. The third-order valence-corrected chi connectivity index (χ3v) is 5.02. The molecule has 20 heavy (non-hydrogen) atoms. The predicted octanol–water partition coefficient (Wildman–Crippen LogP) is 1.88. The third-order valence-electron chi connectivity index (χ3n) is 2.82. The monoisotopic (exact) mass is 320 g/mol. The van der Waals surface area contributed by atoms with Crippen LogP contribution >= 0.6 is 11.8 Å². The molecule has 0 aliphatic rings. The highest BCUT2D eigenvalue weighted by molar-refractivity contribution is 7.98. The van der Waals surface area contributed by atoms with Crippen molar-refractivity contribution in [3.63, 3.8) is 0 Å². The highest BCUT2D eigenvalue weighted by Gasteiger charge is 2.19. The van der Waals surface area contributed by atoms with Gasteiger partial charge in [0.25, 0.3) is 0 Å². The van der Waals surface area contributed by atoms with Crippen LogP contribution in [0.25, 0.3) is 0 Å². The maximum atomic E-state index is 13.9. The van der Waals surface area contributed by atoms with Crippen LogP contribution in [-0.4, -0.2) is 33.5 Å². The van der Waals surface area contributed by atoms with Gasteiger partial charge in [-0.05, 0) is 37.4 Å². The molecule has 0 bridgehead atoms. The van der Waals surface area contributed by atoms with Crippen LogP contribution in [0.15, 0.2) is 17.0 Å². The van der Waals surface area contributed by atoms with Gasteiger partial charge in [0.1, 0.15) is 5.82 Å². The molecule has 0 saturated carbocycles. The van der Waals surface area contributed by atoms with Crippen LogP contribution in [0.1, 0.15) is 18.1 Å². The summed E-state index contributed by atoms with van der Waals surface area (Å²) in [5, 5.41) is 3.06. The minimum Gasteiger partial charge on any atom is -0.313 e. The van der Waals surface area contributed by atoms with Crippen molar-refractivity contribution in [2.45, 2.75) is 25.3 Å². The summed E-state index contributed by atoms with van der Waals surface area (Å²) in [5.74, 6) is 0.184. The van der Waals surface area contributed by atoms with E-state index in [9.17, 15) is 12.8 Å². The molecule has 0 amide bonds. The lowest BCUT2D eigenvalue weighted by Gasteiger charge is -2.12. The van der Waals surface area contributed by atoms with Crippen molar-refractivity contribution in [3.8, 4) is 0 Å². The number of sulfonamides is 1. The minimum atomic E-state index is -3.66. The van der Waals surface area contributed by atoms with Crippen LogP contribution in [0.5, 0.6) is 0 Å². The molecule has 0 atom stereocenters. The van der Waals surface area contributed by atoms with E-state index in [1.54, 1.807) is 11.8 Å². The molecule has 7 heteroatoms. The molecule has 0 heterocycles. The first-order valence-corrected chi connectivity index (χ1v) is 9.28. The first kappa shape index (κ1) is 17.4. The minimum absolute atomic E-state index is 0.0199. The number of halogens is 1. The summed E-state index contributed by atoms with van der Waals surface area (Å²) in [6.07, 6.45) is 1.90. The summed E-state index contributed by atoms with van der Waals surface area (Å²) in [5.41, 5.74) is 0.780. The standard InChI is InChI=1S/C13H21FN2O2S2/c1-4-15-9-11-7-12(14)10(2)13(8-11)20(17,18)16-5-6-19-3/h7-8,15-16H,4-6,9H2,1-3H3. The lowest BCUT2D eigenvalue weighted by molar-refractivity contribution is 0.575. The van der Waals surface area contributed by atoms with Crippen LogP contribution in [0.2, 0.25) is 0 Å². The Labute approximate surface area is 124 Å². The molecule has 1 aromatic rings. The van der Waals surface area contributed by atoms with Gasteiger partial charge in [0.2, 0.25) is 10.0 Å². The molecular formula is C13H21FN2O2S2. The molecule has 0 fully saturated rings. The van der Waals surface area contributed by atoms with Crippen LogP contribution in [0.4, 0.5) is 4.39 Å².